The molecule has 3 atom stereocenters. The summed E-state index contributed by atoms with van der Waals surface area (Å²) >= 11 is 0. The van der Waals surface area contributed by atoms with Gasteiger partial charge in [0.15, 0.2) is 0 Å². The Labute approximate surface area is 126 Å². The number of aryl methyl sites for hydroxylation is 1. The standard InChI is InChI=1S/C18H24O3/c1-21-16-8-4-7-15(11-16)18(17(19)20)10-9-13-5-2-3-6-14(13)12-18/h2-3,5-6,15-16H,4,7-12H2,1H3,(H,19,20). The van der Waals surface area contributed by atoms with Gasteiger partial charge in [-0.25, -0.2) is 0 Å². The van der Waals surface area contributed by atoms with Crippen molar-refractivity contribution in [1.29, 1.82) is 0 Å². The number of methoxy groups -OCH3 is 1. The van der Waals surface area contributed by atoms with E-state index >= 15 is 0 Å². The number of ether oxygens (including phenoxy) is 1. The summed E-state index contributed by atoms with van der Waals surface area (Å²) in [6.45, 7) is 0. The highest BCUT2D eigenvalue weighted by molar-refractivity contribution is 5.76. The van der Waals surface area contributed by atoms with E-state index < -0.39 is 11.4 Å². The molecule has 21 heavy (non-hydrogen) atoms. The van der Waals surface area contributed by atoms with Crippen molar-refractivity contribution in [2.45, 2.75) is 51.0 Å². The van der Waals surface area contributed by atoms with Crippen LogP contribution in [0.2, 0.25) is 0 Å². The first kappa shape index (κ1) is 14.6. The molecule has 1 saturated carbocycles. The number of carboxylic acids is 1. The van der Waals surface area contributed by atoms with E-state index in [1.807, 2.05) is 12.1 Å². The highest BCUT2D eigenvalue weighted by Gasteiger charge is 2.48. The van der Waals surface area contributed by atoms with Crippen LogP contribution in [0.3, 0.4) is 0 Å². The highest BCUT2D eigenvalue weighted by Crippen LogP contribution is 2.47. The van der Waals surface area contributed by atoms with Gasteiger partial charge in [-0.15, -0.1) is 0 Å². The minimum Gasteiger partial charge on any atom is -0.481 e. The van der Waals surface area contributed by atoms with Crippen molar-refractivity contribution in [2.75, 3.05) is 7.11 Å². The number of carboxylic acid groups (broad SMARTS) is 1. The van der Waals surface area contributed by atoms with Crippen LogP contribution in [0.4, 0.5) is 0 Å². The van der Waals surface area contributed by atoms with Crippen LogP contribution in [0.5, 0.6) is 0 Å². The monoisotopic (exact) mass is 288 g/mol. The van der Waals surface area contributed by atoms with Crippen molar-refractivity contribution in [3.63, 3.8) is 0 Å². The van der Waals surface area contributed by atoms with Crippen LogP contribution in [0, 0.1) is 11.3 Å². The van der Waals surface area contributed by atoms with Gasteiger partial charge < -0.3 is 9.84 Å². The minimum absolute atomic E-state index is 0.233. The number of hydrogen-bond donors (Lipinski definition) is 1. The van der Waals surface area contributed by atoms with Crippen LogP contribution in [-0.2, 0) is 22.4 Å². The summed E-state index contributed by atoms with van der Waals surface area (Å²) < 4.78 is 5.51. The van der Waals surface area contributed by atoms with Gasteiger partial charge in [0, 0.05) is 7.11 Å². The minimum atomic E-state index is -0.612. The lowest BCUT2D eigenvalue weighted by molar-refractivity contribution is -0.156. The molecule has 2 aliphatic carbocycles. The van der Waals surface area contributed by atoms with E-state index in [4.69, 9.17) is 4.74 Å². The third kappa shape index (κ3) is 2.59. The van der Waals surface area contributed by atoms with Crippen LogP contribution in [0.1, 0.15) is 43.2 Å². The van der Waals surface area contributed by atoms with Crippen LogP contribution >= 0.6 is 0 Å². The fourth-order valence-corrected chi connectivity index (χ4v) is 4.33. The predicted octanol–water partition coefficient (Wildman–Crippen LogP) is 3.45. The maximum absolute atomic E-state index is 12.1. The molecule has 0 aromatic heterocycles. The van der Waals surface area contributed by atoms with E-state index in [2.05, 4.69) is 12.1 Å². The lowest BCUT2D eigenvalue weighted by atomic mass is 9.60. The molecule has 1 N–H and O–H groups in total. The molecule has 1 fully saturated rings. The van der Waals surface area contributed by atoms with Crippen LogP contribution < -0.4 is 0 Å². The first-order valence-electron chi connectivity index (χ1n) is 7.98. The molecule has 3 nitrogen and oxygen atoms in total. The summed E-state index contributed by atoms with van der Waals surface area (Å²) in [6.07, 6.45) is 6.63. The second-order valence-electron chi connectivity index (χ2n) is 6.63. The average Bonchev–Trinajstić information content (AvgIpc) is 2.54. The van der Waals surface area contributed by atoms with E-state index in [0.29, 0.717) is 6.42 Å². The lowest BCUT2D eigenvalue weighted by Crippen LogP contribution is -2.46. The van der Waals surface area contributed by atoms with Crippen LogP contribution in [-0.4, -0.2) is 24.3 Å². The molecule has 0 saturated heterocycles. The van der Waals surface area contributed by atoms with Gasteiger partial charge in [-0.05, 0) is 55.6 Å². The molecule has 0 heterocycles. The fraction of sp³-hybridized carbons (Fsp3) is 0.611. The molecule has 0 spiro atoms. The van der Waals surface area contributed by atoms with Gasteiger partial charge in [-0.1, -0.05) is 30.7 Å². The Hall–Kier alpha value is -1.35. The third-order valence-corrected chi connectivity index (χ3v) is 5.63. The summed E-state index contributed by atoms with van der Waals surface area (Å²) in [6, 6.07) is 8.31. The Morgan fingerprint density at radius 1 is 1.29 bits per heavy atom. The highest BCUT2D eigenvalue weighted by atomic mass is 16.5. The molecule has 3 heteroatoms. The second-order valence-corrected chi connectivity index (χ2v) is 6.63. The number of fused-ring (bicyclic) bond motifs is 1. The Bertz CT molecular complexity index is 525. The molecule has 1 aromatic carbocycles. The van der Waals surface area contributed by atoms with E-state index in [0.717, 1.165) is 38.5 Å². The van der Waals surface area contributed by atoms with Crippen molar-refractivity contribution in [3.05, 3.63) is 35.4 Å². The second kappa shape index (κ2) is 5.80. The Kier molecular flexibility index (Phi) is 4.03. The lowest BCUT2D eigenvalue weighted by Gasteiger charge is -2.44. The Morgan fingerprint density at radius 2 is 2.05 bits per heavy atom. The van der Waals surface area contributed by atoms with Gasteiger partial charge >= 0.3 is 5.97 Å². The average molecular weight is 288 g/mol. The first-order valence-corrected chi connectivity index (χ1v) is 7.98. The van der Waals surface area contributed by atoms with Gasteiger partial charge in [0.1, 0.15) is 0 Å². The SMILES string of the molecule is COC1CCCC(C2(C(=O)O)CCc3ccccc3C2)C1. The molecule has 0 bridgehead atoms. The van der Waals surface area contributed by atoms with Crippen LogP contribution in [0.15, 0.2) is 24.3 Å². The van der Waals surface area contributed by atoms with E-state index in [-0.39, 0.29) is 12.0 Å². The number of hydrogen-bond acceptors (Lipinski definition) is 2. The van der Waals surface area contributed by atoms with Crippen molar-refractivity contribution < 1.29 is 14.6 Å². The summed E-state index contributed by atoms with van der Waals surface area (Å²) in [5, 5.41) is 9.98. The van der Waals surface area contributed by atoms with Crippen molar-refractivity contribution in [3.8, 4) is 0 Å². The summed E-state index contributed by atoms with van der Waals surface area (Å²) in [4.78, 5) is 12.1. The van der Waals surface area contributed by atoms with Gasteiger partial charge in [0.2, 0.25) is 0 Å². The zero-order valence-corrected chi connectivity index (χ0v) is 12.7. The number of rotatable bonds is 3. The normalized spacial score (nSPS) is 32.4. The number of benzene rings is 1. The number of carbonyl (C=O) groups is 1. The van der Waals surface area contributed by atoms with Gasteiger partial charge in [-0.2, -0.15) is 0 Å². The number of aliphatic carboxylic acids is 1. The molecule has 0 amide bonds. The quantitative estimate of drug-likeness (QED) is 0.926. The predicted molar refractivity (Wildman–Crippen MR) is 81.3 cm³/mol. The third-order valence-electron chi connectivity index (χ3n) is 5.63. The Morgan fingerprint density at radius 3 is 2.76 bits per heavy atom. The molecule has 1 aromatic rings. The van der Waals surface area contributed by atoms with Gasteiger partial charge in [0.25, 0.3) is 0 Å². The molecule has 0 aliphatic heterocycles. The van der Waals surface area contributed by atoms with Gasteiger partial charge in [-0.3, -0.25) is 4.79 Å². The smallest absolute Gasteiger partial charge is 0.310 e. The largest absolute Gasteiger partial charge is 0.481 e. The van der Waals surface area contributed by atoms with E-state index in [1.54, 1.807) is 7.11 Å². The van der Waals surface area contributed by atoms with Crippen molar-refractivity contribution >= 4 is 5.97 Å². The molecule has 114 valence electrons. The van der Waals surface area contributed by atoms with E-state index in [1.165, 1.54) is 11.1 Å². The maximum Gasteiger partial charge on any atom is 0.310 e. The Balaban J connectivity index is 1.89. The summed E-state index contributed by atoms with van der Waals surface area (Å²) in [7, 11) is 1.75. The van der Waals surface area contributed by atoms with E-state index in [9.17, 15) is 9.90 Å². The maximum atomic E-state index is 12.1. The zero-order valence-electron chi connectivity index (χ0n) is 12.7. The fourth-order valence-electron chi connectivity index (χ4n) is 4.33. The zero-order chi connectivity index (χ0) is 14.9. The summed E-state index contributed by atoms with van der Waals surface area (Å²) in [5.74, 6) is -0.374. The summed E-state index contributed by atoms with van der Waals surface area (Å²) in [5.41, 5.74) is 1.96. The molecule has 3 rings (SSSR count). The molecular formula is C18H24O3. The van der Waals surface area contributed by atoms with Crippen molar-refractivity contribution in [1.82, 2.24) is 0 Å². The molecular weight excluding hydrogens is 264 g/mol. The molecule has 3 unspecified atom stereocenters. The van der Waals surface area contributed by atoms with Crippen LogP contribution in [0.25, 0.3) is 0 Å². The molecule has 0 radical (unpaired) electrons. The topological polar surface area (TPSA) is 46.5 Å². The first-order chi connectivity index (χ1) is 10.2. The van der Waals surface area contributed by atoms with Crippen molar-refractivity contribution in [2.24, 2.45) is 11.3 Å². The van der Waals surface area contributed by atoms with Gasteiger partial charge in [0.05, 0.1) is 11.5 Å². The molecule has 2 aliphatic rings.